The number of likely N-dealkylation sites (N-methyl/N-ethyl adjacent to an activating group) is 1. The largest absolute Gasteiger partial charge is 0.507 e. The van der Waals surface area contributed by atoms with E-state index < -0.39 is 0 Å². The SMILES string of the molecule is CCCN(CC(=O)N(C)C)C(=O)c1cccc(C)c1O. The number of hydrogen-bond donors (Lipinski definition) is 1. The Morgan fingerprint density at radius 2 is 1.90 bits per heavy atom. The summed E-state index contributed by atoms with van der Waals surface area (Å²) >= 11 is 0. The van der Waals surface area contributed by atoms with E-state index in [0.29, 0.717) is 12.1 Å². The standard InChI is InChI=1S/C15H22N2O3/c1-5-9-17(10-13(18)16(3)4)15(20)12-8-6-7-11(2)14(12)19/h6-8,19H,5,9-10H2,1-4H3. The van der Waals surface area contributed by atoms with Gasteiger partial charge in [-0.15, -0.1) is 0 Å². The highest BCUT2D eigenvalue weighted by Crippen LogP contribution is 2.23. The number of aromatic hydroxyl groups is 1. The van der Waals surface area contributed by atoms with E-state index >= 15 is 0 Å². The second-order valence-electron chi connectivity index (χ2n) is 4.99. The van der Waals surface area contributed by atoms with Crippen molar-refractivity contribution in [3.63, 3.8) is 0 Å². The van der Waals surface area contributed by atoms with E-state index in [4.69, 9.17) is 0 Å². The van der Waals surface area contributed by atoms with Crippen LogP contribution in [0.3, 0.4) is 0 Å². The van der Waals surface area contributed by atoms with Crippen LogP contribution in [0.4, 0.5) is 0 Å². The number of aryl methyl sites for hydroxylation is 1. The molecule has 1 rings (SSSR count). The molecule has 0 aliphatic carbocycles. The van der Waals surface area contributed by atoms with Crippen LogP contribution in [0, 0.1) is 6.92 Å². The van der Waals surface area contributed by atoms with E-state index in [1.807, 2.05) is 6.92 Å². The summed E-state index contributed by atoms with van der Waals surface area (Å²) in [5.74, 6) is -0.474. The first kappa shape index (κ1) is 16.0. The van der Waals surface area contributed by atoms with E-state index in [0.717, 1.165) is 6.42 Å². The van der Waals surface area contributed by atoms with Crippen molar-refractivity contribution in [3.8, 4) is 5.75 Å². The predicted molar refractivity (Wildman–Crippen MR) is 77.7 cm³/mol. The lowest BCUT2D eigenvalue weighted by molar-refractivity contribution is -0.129. The first-order valence-electron chi connectivity index (χ1n) is 6.66. The molecule has 1 aromatic carbocycles. The van der Waals surface area contributed by atoms with Gasteiger partial charge in [0.15, 0.2) is 0 Å². The second kappa shape index (κ2) is 6.93. The summed E-state index contributed by atoms with van der Waals surface area (Å²) in [6, 6.07) is 5.04. The van der Waals surface area contributed by atoms with Crippen molar-refractivity contribution in [2.24, 2.45) is 0 Å². The summed E-state index contributed by atoms with van der Waals surface area (Å²) in [5.41, 5.74) is 0.885. The number of nitrogens with zero attached hydrogens (tertiary/aromatic N) is 2. The normalized spacial score (nSPS) is 10.2. The zero-order valence-corrected chi connectivity index (χ0v) is 12.5. The molecule has 0 saturated heterocycles. The van der Waals surface area contributed by atoms with Crippen LogP contribution < -0.4 is 0 Å². The molecule has 0 fully saturated rings. The quantitative estimate of drug-likeness (QED) is 0.890. The van der Waals surface area contributed by atoms with Crippen LogP contribution in [-0.4, -0.2) is 53.9 Å². The number of hydrogen-bond acceptors (Lipinski definition) is 3. The van der Waals surface area contributed by atoms with E-state index in [-0.39, 0.29) is 29.7 Å². The topological polar surface area (TPSA) is 60.9 Å². The molecular weight excluding hydrogens is 256 g/mol. The van der Waals surface area contributed by atoms with Gasteiger partial charge in [-0.1, -0.05) is 19.1 Å². The zero-order chi connectivity index (χ0) is 15.3. The monoisotopic (exact) mass is 278 g/mol. The van der Waals surface area contributed by atoms with Gasteiger partial charge >= 0.3 is 0 Å². The molecule has 5 nitrogen and oxygen atoms in total. The maximum atomic E-state index is 12.5. The van der Waals surface area contributed by atoms with Crippen LogP contribution in [0.15, 0.2) is 18.2 Å². The lowest BCUT2D eigenvalue weighted by Crippen LogP contribution is -2.40. The molecule has 0 bridgehead atoms. The highest BCUT2D eigenvalue weighted by atomic mass is 16.3. The highest BCUT2D eigenvalue weighted by Gasteiger charge is 2.21. The van der Waals surface area contributed by atoms with Crippen molar-refractivity contribution < 1.29 is 14.7 Å². The summed E-state index contributed by atoms with van der Waals surface area (Å²) in [4.78, 5) is 27.2. The van der Waals surface area contributed by atoms with Crippen molar-refractivity contribution >= 4 is 11.8 Å². The van der Waals surface area contributed by atoms with Gasteiger partial charge in [0.2, 0.25) is 5.91 Å². The van der Waals surface area contributed by atoms with Gasteiger partial charge in [-0.2, -0.15) is 0 Å². The zero-order valence-electron chi connectivity index (χ0n) is 12.5. The van der Waals surface area contributed by atoms with Gasteiger partial charge in [0.05, 0.1) is 5.56 Å². The molecule has 0 aliphatic heterocycles. The maximum absolute atomic E-state index is 12.5. The third-order valence-corrected chi connectivity index (χ3v) is 3.07. The predicted octanol–water partition coefficient (Wildman–Crippen LogP) is 1.64. The molecule has 0 spiro atoms. The van der Waals surface area contributed by atoms with Crippen molar-refractivity contribution in [3.05, 3.63) is 29.3 Å². The molecule has 0 saturated carbocycles. The maximum Gasteiger partial charge on any atom is 0.258 e. The van der Waals surface area contributed by atoms with Gasteiger partial charge in [-0.05, 0) is 25.0 Å². The number of carbonyl (C=O) groups is 2. The van der Waals surface area contributed by atoms with Gasteiger partial charge < -0.3 is 14.9 Å². The van der Waals surface area contributed by atoms with Gasteiger partial charge in [0.1, 0.15) is 12.3 Å². The van der Waals surface area contributed by atoms with Crippen LogP contribution in [0.1, 0.15) is 29.3 Å². The summed E-state index contributed by atoms with van der Waals surface area (Å²) in [6.45, 7) is 4.18. The van der Waals surface area contributed by atoms with E-state index in [2.05, 4.69) is 0 Å². The molecule has 1 aromatic rings. The van der Waals surface area contributed by atoms with Crippen LogP contribution >= 0.6 is 0 Å². The Morgan fingerprint density at radius 3 is 2.45 bits per heavy atom. The van der Waals surface area contributed by atoms with Crippen molar-refractivity contribution in [2.45, 2.75) is 20.3 Å². The van der Waals surface area contributed by atoms with Gasteiger partial charge in [0.25, 0.3) is 5.91 Å². The Hall–Kier alpha value is -2.04. The number of carbonyl (C=O) groups excluding carboxylic acids is 2. The fourth-order valence-corrected chi connectivity index (χ4v) is 1.83. The van der Waals surface area contributed by atoms with Gasteiger partial charge in [-0.25, -0.2) is 0 Å². The number of para-hydroxylation sites is 1. The molecule has 0 aliphatic rings. The summed E-state index contributed by atoms with van der Waals surface area (Å²) < 4.78 is 0. The Labute approximate surface area is 119 Å². The van der Waals surface area contributed by atoms with Crippen LogP contribution in [-0.2, 0) is 4.79 Å². The Bertz CT molecular complexity index is 498. The third kappa shape index (κ3) is 3.73. The lowest BCUT2D eigenvalue weighted by Gasteiger charge is -2.24. The molecule has 0 atom stereocenters. The lowest BCUT2D eigenvalue weighted by atomic mass is 10.1. The summed E-state index contributed by atoms with van der Waals surface area (Å²) in [5, 5.41) is 9.99. The summed E-state index contributed by atoms with van der Waals surface area (Å²) in [6.07, 6.45) is 0.749. The number of phenolic OH excluding ortho intramolecular Hbond substituents is 1. The molecule has 1 N–H and O–H groups in total. The molecule has 20 heavy (non-hydrogen) atoms. The summed E-state index contributed by atoms with van der Waals surface area (Å²) in [7, 11) is 3.31. The molecule has 2 amide bonds. The minimum atomic E-state index is -0.316. The minimum absolute atomic E-state index is 0.0177. The van der Waals surface area contributed by atoms with Crippen molar-refractivity contribution in [2.75, 3.05) is 27.2 Å². The van der Waals surface area contributed by atoms with Crippen LogP contribution in [0.25, 0.3) is 0 Å². The number of amides is 2. The van der Waals surface area contributed by atoms with Crippen molar-refractivity contribution in [1.82, 2.24) is 9.80 Å². The van der Waals surface area contributed by atoms with Crippen molar-refractivity contribution in [1.29, 1.82) is 0 Å². The van der Waals surface area contributed by atoms with E-state index in [9.17, 15) is 14.7 Å². The Morgan fingerprint density at radius 1 is 1.25 bits per heavy atom. The smallest absolute Gasteiger partial charge is 0.258 e. The molecular formula is C15H22N2O3. The molecule has 110 valence electrons. The Kier molecular flexibility index (Phi) is 5.55. The van der Waals surface area contributed by atoms with E-state index in [1.54, 1.807) is 39.2 Å². The molecule has 0 aromatic heterocycles. The second-order valence-corrected chi connectivity index (χ2v) is 4.99. The number of rotatable bonds is 5. The molecule has 0 radical (unpaired) electrons. The van der Waals surface area contributed by atoms with Crippen LogP contribution in [0.5, 0.6) is 5.75 Å². The molecule has 5 heteroatoms. The fraction of sp³-hybridized carbons (Fsp3) is 0.467. The molecule has 0 unspecified atom stereocenters. The fourth-order valence-electron chi connectivity index (χ4n) is 1.83. The average Bonchev–Trinajstić information content (AvgIpc) is 2.40. The van der Waals surface area contributed by atoms with Gasteiger partial charge in [0, 0.05) is 20.6 Å². The van der Waals surface area contributed by atoms with Crippen LogP contribution in [0.2, 0.25) is 0 Å². The third-order valence-electron chi connectivity index (χ3n) is 3.07. The first-order chi connectivity index (χ1) is 9.38. The molecule has 0 heterocycles. The number of phenols is 1. The minimum Gasteiger partial charge on any atom is -0.507 e. The first-order valence-corrected chi connectivity index (χ1v) is 6.66. The van der Waals surface area contributed by atoms with E-state index in [1.165, 1.54) is 9.80 Å². The highest BCUT2D eigenvalue weighted by molar-refractivity contribution is 5.99. The Balaban J connectivity index is 2.99. The average molecular weight is 278 g/mol. The number of benzene rings is 1. The van der Waals surface area contributed by atoms with Gasteiger partial charge in [-0.3, -0.25) is 9.59 Å².